The van der Waals surface area contributed by atoms with E-state index in [0.717, 1.165) is 19.3 Å². The van der Waals surface area contributed by atoms with Crippen LogP contribution in [0.2, 0.25) is 0 Å². The van der Waals surface area contributed by atoms with Gasteiger partial charge >= 0.3 is 12.1 Å². The van der Waals surface area contributed by atoms with E-state index in [2.05, 4.69) is 12.2 Å². The van der Waals surface area contributed by atoms with Gasteiger partial charge in [0.15, 0.2) is 0 Å². The van der Waals surface area contributed by atoms with Crippen LogP contribution in [0.5, 0.6) is 0 Å². The number of fused-ring (bicyclic) bond motifs is 3. The molecular formula is C22H28FNO5. The van der Waals surface area contributed by atoms with Crippen LogP contribution in [0.3, 0.4) is 0 Å². The summed E-state index contributed by atoms with van der Waals surface area (Å²) in [5.41, 5.74) is -0.447. The van der Waals surface area contributed by atoms with Crippen LogP contribution in [0, 0.1) is 28.5 Å². The maximum Gasteiger partial charge on any atom is 0.411 e. The summed E-state index contributed by atoms with van der Waals surface area (Å²) in [5, 5.41) is 12.9. The lowest BCUT2D eigenvalue weighted by Gasteiger charge is -2.59. The first-order valence-corrected chi connectivity index (χ1v) is 10.3. The van der Waals surface area contributed by atoms with Crippen molar-refractivity contribution in [3.63, 3.8) is 0 Å². The molecule has 4 rings (SSSR count). The molecule has 6 atom stereocenters. The number of halogens is 1. The number of amides is 1. The van der Waals surface area contributed by atoms with Crippen molar-refractivity contribution < 1.29 is 28.6 Å². The van der Waals surface area contributed by atoms with Gasteiger partial charge in [0.2, 0.25) is 0 Å². The number of carbonyl (C=O) groups is 2. The molecule has 1 saturated heterocycles. The number of anilines is 1. The average Bonchev–Trinajstić information content (AvgIpc) is 3.06. The second-order valence-corrected chi connectivity index (χ2v) is 9.21. The number of esters is 1. The van der Waals surface area contributed by atoms with E-state index in [1.807, 2.05) is 6.92 Å². The van der Waals surface area contributed by atoms with Crippen LogP contribution in [-0.2, 0) is 14.3 Å². The van der Waals surface area contributed by atoms with Crippen LogP contribution in [0.25, 0.3) is 0 Å². The monoisotopic (exact) mass is 405 g/mol. The second-order valence-electron chi connectivity index (χ2n) is 9.21. The Hall–Kier alpha value is -2.15. The third-order valence-electron chi connectivity index (χ3n) is 7.64. The molecule has 2 N–H and O–H groups in total. The average molecular weight is 405 g/mol. The highest BCUT2D eigenvalue weighted by molar-refractivity contribution is 5.84. The van der Waals surface area contributed by atoms with E-state index in [9.17, 15) is 19.1 Å². The Morgan fingerprint density at radius 2 is 2.14 bits per heavy atom. The Morgan fingerprint density at radius 1 is 1.34 bits per heavy atom. The van der Waals surface area contributed by atoms with Crippen molar-refractivity contribution in [1.29, 1.82) is 0 Å². The number of nitrogens with one attached hydrogen (secondary N) is 1. The molecule has 1 aromatic rings. The van der Waals surface area contributed by atoms with Crippen molar-refractivity contribution in [2.45, 2.75) is 58.2 Å². The molecule has 2 saturated carbocycles. The normalized spacial score (nSPS) is 38.6. The summed E-state index contributed by atoms with van der Waals surface area (Å²) in [5.74, 6) is -0.333. The molecule has 0 spiro atoms. The minimum absolute atomic E-state index is 0.0413. The molecule has 3 aliphatic rings. The number of aliphatic hydroxyl groups excluding tert-OH is 1. The zero-order chi connectivity index (χ0) is 20.8. The summed E-state index contributed by atoms with van der Waals surface area (Å²) in [6, 6.07) is 5.63. The number of rotatable bonds is 3. The standard InChI is InChI=1S/C22H28FNO5/c1-21-9-8-18(29-20(27)24-14-5-3-4-13(23)10-14)22(2,12-25)17(21)7-6-16-15(21)11-19(26)28-16/h3-5,10,15-18,25H,6-9,11-12H2,1-2H3,(H,24,27)/t15-,16+,17-,18-,21+,22+/m1/s1. The van der Waals surface area contributed by atoms with Gasteiger partial charge in [-0.1, -0.05) is 19.9 Å². The lowest BCUT2D eigenvalue weighted by atomic mass is 9.46. The molecular weight excluding hydrogens is 377 g/mol. The maximum atomic E-state index is 13.4. The molecule has 0 unspecified atom stereocenters. The minimum atomic E-state index is -0.656. The fraction of sp³-hybridized carbons (Fsp3) is 0.636. The van der Waals surface area contributed by atoms with Gasteiger partial charge in [0.25, 0.3) is 0 Å². The van der Waals surface area contributed by atoms with Crippen LogP contribution >= 0.6 is 0 Å². The number of benzene rings is 1. The van der Waals surface area contributed by atoms with Crippen LogP contribution < -0.4 is 5.32 Å². The van der Waals surface area contributed by atoms with Gasteiger partial charge in [-0.2, -0.15) is 0 Å². The summed E-state index contributed by atoms with van der Waals surface area (Å²) in [6.07, 6.45) is 2.24. The predicted molar refractivity (Wildman–Crippen MR) is 104 cm³/mol. The molecule has 1 aliphatic heterocycles. The number of ether oxygens (including phenoxy) is 2. The van der Waals surface area contributed by atoms with E-state index in [-0.39, 0.29) is 35.9 Å². The van der Waals surface area contributed by atoms with Crippen LogP contribution in [0.4, 0.5) is 14.9 Å². The molecule has 29 heavy (non-hydrogen) atoms. The van der Waals surface area contributed by atoms with Crippen molar-refractivity contribution in [2.24, 2.45) is 22.7 Å². The van der Waals surface area contributed by atoms with E-state index in [1.54, 1.807) is 6.07 Å². The van der Waals surface area contributed by atoms with Crippen molar-refractivity contribution in [3.8, 4) is 0 Å². The molecule has 1 heterocycles. The quantitative estimate of drug-likeness (QED) is 0.746. The van der Waals surface area contributed by atoms with E-state index >= 15 is 0 Å². The molecule has 1 aromatic carbocycles. The second kappa shape index (κ2) is 7.27. The first-order chi connectivity index (χ1) is 13.8. The minimum Gasteiger partial charge on any atom is -0.462 e. The smallest absolute Gasteiger partial charge is 0.411 e. The summed E-state index contributed by atoms with van der Waals surface area (Å²) in [7, 11) is 0. The molecule has 2 aliphatic carbocycles. The summed E-state index contributed by atoms with van der Waals surface area (Å²) in [4.78, 5) is 24.3. The topological polar surface area (TPSA) is 84.9 Å². The van der Waals surface area contributed by atoms with Crippen LogP contribution in [0.15, 0.2) is 24.3 Å². The van der Waals surface area contributed by atoms with Crippen molar-refractivity contribution in [1.82, 2.24) is 0 Å². The third kappa shape index (κ3) is 3.39. The van der Waals surface area contributed by atoms with E-state index in [1.165, 1.54) is 18.2 Å². The van der Waals surface area contributed by atoms with Crippen molar-refractivity contribution >= 4 is 17.7 Å². The first-order valence-electron chi connectivity index (χ1n) is 10.3. The number of carbonyl (C=O) groups excluding carboxylic acids is 2. The Morgan fingerprint density at radius 3 is 2.86 bits per heavy atom. The van der Waals surface area contributed by atoms with Crippen LogP contribution in [-0.4, -0.2) is 36.0 Å². The Kier molecular flexibility index (Phi) is 5.05. The molecule has 7 heteroatoms. The Bertz CT molecular complexity index is 816. The SMILES string of the molecule is C[C@]1(CO)[C@@H]2CC[C@@H]3OC(=O)C[C@H]3[C@]2(C)CC[C@H]1OC(=O)Nc1cccc(F)c1. The zero-order valence-electron chi connectivity index (χ0n) is 16.8. The van der Waals surface area contributed by atoms with E-state index in [4.69, 9.17) is 9.47 Å². The fourth-order valence-electron chi connectivity index (χ4n) is 6.13. The largest absolute Gasteiger partial charge is 0.462 e. The highest BCUT2D eigenvalue weighted by Crippen LogP contribution is 2.62. The Balaban J connectivity index is 1.51. The number of aliphatic hydroxyl groups is 1. The lowest BCUT2D eigenvalue weighted by molar-refractivity contribution is -0.174. The molecule has 1 amide bonds. The van der Waals surface area contributed by atoms with Crippen molar-refractivity contribution in [3.05, 3.63) is 30.1 Å². The number of hydrogen-bond acceptors (Lipinski definition) is 5. The molecule has 3 fully saturated rings. The zero-order valence-corrected chi connectivity index (χ0v) is 16.8. The predicted octanol–water partition coefficient (Wildman–Crippen LogP) is 3.88. The molecule has 6 nitrogen and oxygen atoms in total. The lowest BCUT2D eigenvalue weighted by Crippen LogP contribution is -2.59. The summed E-state index contributed by atoms with van der Waals surface area (Å²) >= 11 is 0. The fourth-order valence-corrected chi connectivity index (χ4v) is 6.13. The summed E-state index contributed by atoms with van der Waals surface area (Å²) in [6.45, 7) is 4.04. The number of hydrogen-bond donors (Lipinski definition) is 2. The summed E-state index contributed by atoms with van der Waals surface area (Å²) < 4.78 is 24.6. The van der Waals surface area contributed by atoms with E-state index < -0.39 is 23.4 Å². The maximum absolute atomic E-state index is 13.4. The van der Waals surface area contributed by atoms with Gasteiger partial charge in [-0.05, 0) is 55.2 Å². The third-order valence-corrected chi connectivity index (χ3v) is 7.64. The highest BCUT2D eigenvalue weighted by Gasteiger charge is 2.62. The van der Waals surface area contributed by atoms with Crippen LogP contribution in [0.1, 0.15) is 46.0 Å². The molecule has 0 bridgehead atoms. The van der Waals surface area contributed by atoms with Gasteiger partial charge in [0, 0.05) is 17.0 Å². The molecule has 158 valence electrons. The van der Waals surface area contributed by atoms with E-state index in [0.29, 0.717) is 18.5 Å². The van der Waals surface area contributed by atoms with Gasteiger partial charge < -0.3 is 14.6 Å². The van der Waals surface area contributed by atoms with Gasteiger partial charge in [0.05, 0.1) is 13.0 Å². The molecule has 0 radical (unpaired) electrons. The van der Waals surface area contributed by atoms with Gasteiger partial charge in [0.1, 0.15) is 18.0 Å². The molecule has 0 aromatic heterocycles. The van der Waals surface area contributed by atoms with Crippen molar-refractivity contribution in [2.75, 3.05) is 11.9 Å². The van der Waals surface area contributed by atoms with Gasteiger partial charge in [-0.3, -0.25) is 10.1 Å². The highest BCUT2D eigenvalue weighted by atomic mass is 19.1. The van der Waals surface area contributed by atoms with Gasteiger partial charge in [-0.15, -0.1) is 0 Å². The van der Waals surface area contributed by atoms with Gasteiger partial charge in [-0.25, -0.2) is 9.18 Å². The Labute approximate surface area is 169 Å². The first kappa shape index (κ1) is 20.1.